The van der Waals surface area contributed by atoms with Crippen molar-refractivity contribution in [2.24, 2.45) is 4.99 Å². The number of amidine groups is 1. The highest BCUT2D eigenvalue weighted by Gasteiger charge is 2.42. The van der Waals surface area contributed by atoms with E-state index < -0.39 is 9.84 Å². The Morgan fingerprint density at radius 3 is 2.59 bits per heavy atom. The Bertz CT molecular complexity index is 1130. The number of fused-ring (bicyclic) bond motifs is 1. The Labute approximate surface area is 191 Å². The highest BCUT2D eigenvalue weighted by molar-refractivity contribution is 8.15. The Kier molecular flexibility index (Phi) is 6.61. The second kappa shape index (κ2) is 9.41. The number of thioether (sulfide) groups is 1. The molecule has 32 heavy (non-hydrogen) atoms. The summed E-state index contributed by atoms with van der Waals surface area (Å²) >= 11 is 1.47. The number of ether oxygens (including phenoxy) is 2. The Morgan fingerprint density at radius 2 is 1.91 bits per heavy atom. The number of hydrogen-bond acceptors (Lipinski definition) is 8. The molecule has 8 nitrogen and oxygen atoms in total. The molecular weight excluding hydrogens is 450 g/mol. The molecule has 2 aromatic carbocycles. The van der Waals surface area contributed by atoms with Crippen molar-refractivity contribution in [3.8, 4) is 11.5 Å². The van der Waals surface area contributed by atoms with Crippen LogP contribution in [0.1, 0.15) is 15.9 Å². The number of benzene rings is 2. The lowest BCUT2D eigenvalue weighted by Gasteiger charge is -2.11. The maximum Gasteiger partial charge on any atom is 0.251 e. The van der Waals surface area contributed by atoms with Crippen molar-refractivity contribution in [3.05, 3.63) is 53.6 Å². The van der Waals surface area contributed by atoms with Gasteiger partial charge in [-0.2, -0.15) is 0 Å². The van der Waals surface area contributed by atoms with Crippen LogP contribution in [0, 0.1) is 0 Å². The Balaban J connectivity index is 1.28. The summed E-state index contributed by atoms with van der Waals surface area (Å²) in [5.41, 5.74) is 2.35. The van der Waals surface area contributed by atoms with Crippen LogP contribution in [-0.2, 0) is 16.3 Å². The van der Waals surface area contributed by atoms with Gasteiger partial charge in [0.1, 0.15) is 11.5 Å². The minimum absolute atomic E-state index is 0.00289. The number of amides is 1. The third-order valence-corrected chi connectivity index (χ3v) is 8.53. The molecule has 170 valence electrons. The molecule has 1 fully saturated rings. The average molecular weight is 476 g/mol. The standard InChI is InChI=1S/C22H25N3O5S2/c1-29-17-8-5-14(19(11-17)30-2)9-10-23-21(26)15-3-6-16(7-4-15)24-22-25-18-12-32(27,28)13-20(18)31-22/h3-8,11,18,20H,9-10,12-13H2,1-2H3,(H,23,26)(H,24,25)/t18-,20+/m0/s1. The maximum absolute atomic E-state index is 12.5. The predicted octanol–water partition coefficient (Wildman–Crippen LogP) is 2.36. The van der Waals surface area contributed by atoms with Gasteiger partial charge in [0.25, 0.3) is 5.91 Å². The van der Waals surface area contributed by atoms with Crippen LogP contribution < -0.4 is 20.1 Å². The molecule has 10 heteroatoms. The van der Waals surface area contributed by atoms with Gasteiger partial charge in [0.2, 0.25) is 0 Å². The Morgan fingerprint density at radius 1 is 1.12 bits per heavy atom. The van der Waals surface area contributed by atoms with E-state index in [1.54, 1.807) is 26.4 Å². The van der Waals surface area contributed by atoms with Gasteiger partial charge in [0.15, 0.2) is 15.0 Å². The second-order valence-corrected chi connectivity index (χ2v) is 11.0. The van der Waals surface area contributed by atoms with E-state index in [1.807, 2.05) is 30.3 Å². The summed E-state index contributed by atoms with van der Waals surface area (Å²) in [6.07, 6.45) is 0.633. The molecule has 1 saturated heterocycles. The van der Waals surface area contributed by atoms with Crippen LogP contribution in [0.25, 0.3) is 0 Å². The van der Waals surface area contributed by atoms with E-state index in [0.717, 1.165) is 27.9 Å². The molecule has 2 aromatic rings. The monoisotopic (exact) mass is 475 g/mol. The molecule has 2 aliphatic heterocycles. The topological polar surface area (TPSA) is 106 Å². The van der Waals surface area contributed by atoms with Gasteiger partial charge in [-0.3, -0.25) is 9.79 Å². The molecule has 1 amide bonds. The Hall–Kier alpha value is -2.72. The van der Waals surface area contributed by atoms with E-state index in [9.17, 15) is 13.2 Å². The number of hydrogen-bond donors (Lipinski definition) is 2. The molecule has 0 radical (unpaired) electrons. The quantitative estimate of drug-likeness (QED) is 0.633. The molecule has 2 N–H and O–H groups in total. The normalized spacial score (nSPS) is 20.9. The number of carbonyl (C=O) groups excluding carboxylic acids is 1. The summed E-state index contributed by atoms with van der Waals surface area (Å²) in [4.78, 5) is 17.0. The lowest BCUT2D eigenvalue weighted by Crippen LogP contribution is -2.25. The van der Waals surface area contributed by atoms with Crippen LogP contribution in [0.2, 0.25) is 0 Å². The molecule has 2 heterocycles. The first-order valence-electron chi connectivity index (χ1n) is 10.2. The van der Waals surface area contributed by atoms with Crippen LogP contribution in [-0.4, -0.2) is 63.1 Å². The maximum atomic E-state index is 12.5. The molecule has 0 saturated carbocycles. The molecule has 2 aliphatic rings. The van der Waals surface area contributed by atoms with E-state index in [2.05, 4.69) is 15.6 Å². The molecule has 0 spiro atoms. The smallest absolute Gasteiger partial charge is 0.251 e. The summed E-state index contributed by atoms with van der Waals surface area (Å²) in [5.74, 6) is 1.59. The first-order valence-corrected chi connectivity index (χ1v) is 12.9. The molecule has 0 bridgehead atoms. The van der Waals surface area contributed by atoms with Crippen molar-refractivity contribution >= 4 is 38.4 Å². The highest BCUT2D eigenvalue weighted by Crippen LogP contribution is 2.34. The van der Waals surface area contributed by atoms with Crippen LogP contribution in [0.4, 0.5) is 5.69 Å². The van der Waals surface area contributed by atoms with Crippen molar-refractivity contribution in [3.63, 3.8) is 0 Å². The van der Waals surface area contributed by atoms with Crippen LogP contribution in [0.15, 0.2) is 47.5 Å². The van der Waals surface area contributed by atoms with Gasteiger partial charge in [0.05, 0.1) is 31.8 Å². The predicted molar refractivity (Wildman–Crippen MR) is 127 cm³/mol. The van der Waals surface area contributed by atoms with Crippen molar-refractivity contribution in [1.29, 1.82) is 0 Å². The zero-order valence-corrected chi connectivity index (χ0v) is 19.5. The molecule has 2 atom stereocenters. The molecule has 4 rings (SSSR count). The van der Waals surface area contributed by atoms with Crippen molar-refractivity contribution in [1.82, 2.24) is 5.32 Å². The first-order chi connectivity index (χ1) is 15.4. The summed E-state index contributed by atoms with van der Waals surface area (Å²) < 4.78 is 33.9. The lowest BCUT2D eigenvalue weighted by atomic mass is 10.1. The number of nitrogens with one attached hydrogen (secondary N) is 2. The van der Waals surface area contributed by atoms with E-state index in [0.29, 0.717) is 18.5 Å². The fourth-order valence-corrected chi connectivity index (χ4v) is 7.39. The molecule has 0 aromatic heterocycles. The van der Waals surface area contributed by atoms with E-state index >= 15 is 0 Å². The number of nitrogens with zero attached hydrogens (tertiary/aromatic N) is 1. The third-order valence-electron chi connectivity index (χ3n) is 5.39. The van der Waals surface area contributed by atoms with Crippen LogP contribution in [0.3, 0.4) is 0 Å². The minimum atomic E-state index is -2.96. The summed E-state index contributed by atoms with van der Waals surface area (Å²) in [7, 11) is 0.249. The number of aliphatic imine (C=N–C) groups is 1. The summed E-state index contributed by atoms with van der Waals surface area (Å²) in [6, 6.07) is 12.6. The van der Waals surface area contributed by atoms with Gasteiger partial charge < -0.3 is 20.1 Å². The zero-order chi connectivity index (χ0) is 22.7. The number of carbonyl (C=O) groups is 1. The third kappa shape index (κ3) is 5.18. The number of sulfone groups is 1. The largest absolute Gasteiger partial charge is 0.497 e. The van der Waals surface area contributed by atoms with Crippen LogP contribution >= 0.6 is 11.8 Å². The fourth-order valence-electron chi connectivity index (χ4n) is 3.72. The van der Waals surface area contributed by atoms with E-state index in [-0.39, 0.29) is 28.7 Å². The molecular formula is C22H25N3O5S2. The summed E-state index contributed by atoms with van der Waals surface area (Å²) in [5, 5.41) is 6.86. The van der Waals surface area contributed by atoms with Crippen LogP contribution in [0.5, 0.6) is 11.5 Å². The van der Waals surface area contributed by atoms with Gasteiger partial charge in [-0.25, -0.2) is 8.42 Å². The summed E-state index contributed by atoms with van der Waals surface area (Å²) in [6.45, 7) is 0.473. The average Bonchev–Trinajstić information content (AvgIpc) is 3.26. The number of rotatable bonds is 7. The van der Waals surface area contributed by atoms with E-state index in [1.165, 1.54) is 11.8 Å². The van der Waals surface area contributed by atoms with Gasteiger partial charge in [-0.15, -0.1) is 0 Å². The van der Waals surface area contributed by atoms with Gasteiger partial charge in [0, 0.05) is 29.1 Å². The molecule has 0 aliphatic carbocycles. The van der Waals surface area contributed by atoms with Gasteiger partial charge in [-0.1, -0.05) is 17.8 Å². The highest BCUT2D eigenvalue weighted by atomic mass is 32.2. The van der Waals surface area contributed by atoms with Gasteiger partial charge >= 0.3 is 0 Å². The van der Waals surface area contributed by atoms with E-state index in [4.69, 9.17) is 9.47 Å². The number of anilines is 1. The van der Waals surface area contributed by atoms with Crippen molar-refractivity contribution in [2.75, 3.05) is 37.6 Å². The fraction of sp³-hybridized carbons (Fsp3) is 0.364. The zero-order valence-electron chi connectivity index (χ0n) is 17.8. The second-order valence-electron chi connectivity index (χ2n) is 7.62. The minimum Gasteiger partial charge on any atom is -0.497 e. The first kappa shape index (κ1) is 22.5. The lowest BCUT2D eigenvalue weighted by molar-refractivity contribution is 0.0954. The molecule has 0 unspecified atom stereocenters. The van der Waals surface area contributed by atoms with Crippen molar-refractivity contribution < 1.29 is 22.7 Å². The van der Waals surface area contributed by atoms with Gasteiger partial charge in [-0.05, 0) is 42.3 Å². The number of methoxy groups -OCH3 is 2. The SMILES string of the molecule is COc1ccc(CCNC(=O)c2ccc(NC3=N[C@H]4CS(=O)(=O)C[C@H]4S3)cc2)c(OC)c1. The van der Waals surface area contributed by atoms with Crippen molar-refractivity contribution in [2.45, 2.75) is 17.7 Å².